The van der Waals surface area contributed by atoms with E-state index in [4.69, 9.17) is 9.47 Å². The van der Waals surface area contributed by atoms with Crippen molar-refractivity contribution < 1.29 is 13.7 Å². The first-order chi connectivity index (χ1) is 11.7. The first kappa shape index (κ1) is 16.0. The van der Waals surface area contributed by atoms with Gasteiger partial charge >= 0.3 is 0 Å². The van der Waals surface area contributed by atoms with Crippen LogP contribution in [0.1, 0.15) is 5.82 Å². The molecule has 1 N–H and O–H groups in total. The van der Waals surface area contributed by atoms with E-state index in [2.05, 4.69) is 9.97 Å². The highest BCUT2D eigenvalue weighted by Gasteiger charge is 2.13. The van der Waals surface area contributed by atoms with Crippen LogP contribution >= 0.6 is 0 Å². The molecule has 0 saturated heterocycles. The quantitative estimate of drug-likeness (QED) is 0.725. The molecule has 0 bridgehead atoms. The van der Waals surface area contributed by atoms with Gasteiger partial charge in [0.2, 0.25) is 0 Å². The van der Waals surface area contributed by atoms with Gasteiger partial charge in [-0.25, -0.2) is 9.19 Å². The molecule has 5 nitrogen and oxygen atoms in total. The number of hydrogen-bond acceptors (Lipinski definition) is 4. The normalized spacial score (nSPS) is 10.2. The first-order valence-electron chi connectivity index (χ1n) is 7.26. The Bertz CT molecular complexity index is 815. The van der Waals surface area contributed by atoms with Crippen molar-refractivity contribution in [1.82, 2.24) is 9.97 Å². The zero-order valence-electron chi connectivity index (χ0n) is 13.3. The van der Waals surface area contributed by atoms with Gasteiger partial charge in [0.15, 0.2) is 0 Å². The van der Waals surface area contributed by atoms with Crippen LogP contribution in [-0.2, 0) is 11.3 Å². The van der Waals surface area contributed by atoms with E-state index < -0.39 is 0 Å². The molecule has 0 spiro atoms. The number of aromatic nitrogens is 2. The third-order valence-corrected chi connectivity index (χ3v) is 3.94. The van der Waals surface area contributed by atoms with Crippen molar-refractivity contribution >= 4 is 16.6 Å². The average molecular weight is 340 g/mol. The Kier molecular flexibility index (Phi) is 4.77. The lowest BCUT2D eigenvalue weighted by Gasteiger charge is -2.06. The zero-order chi connectivity index (χ0) is 16.9. The Morgan fingerprint density at radius 1 is 0.917 bits per heavy atom. The summed E-state index contributed by atoms with van der Waals surface area (Å²) in [6, 6.07) is 15.3. The van der Waals surface area contributed by atoms with Crippen molar-refractivity contribution in [2.24, 2.45) is 0 Å². The van der Waals surface area contributed by atoms with Crippen LogP contribution in [0, 0.1) is 0 Å². The van der Waals surface area contributed by atoms with Crippen molar-refractivity contribution in [1.29, 1.82) is 0 Å². The van der Waals surface area contributed by atoms with Crippen LogP contribution in [-0.4, -0.2) is 33.8 Å². The van der Waals surface area contributed by atoms with E-state index in [9.17, 15) is 4.21 Å². The van der Waals surface area contributed by atoms with Gasteiger partial charge in [0.25, 0.3) is 0 Å². The zero-order valence-corrected chi connectivity index (χ0v) is 14.1. The number of imidazole rings is 1. The van der Waals surface area contributed by atoms with E-state index in [1.165, 1.54) is 5.37 Å². The monoisotopic (exact) mass is 340 g/mol. The number of ether oxygens (including phenoxy) is 2. The maximum atomic E-state index is 10.8. The molecule has 2 aromatic carbocycles. The highest BCUT2D eigenvalue weighted by atomic mass is 32.1. The summed E-state index contributed by atoms with van der Waals surface area (Å²) < 4.78 is 21.2. The molecule has 0 amide bonds. The molecule has 3 aromatic rings. The summed E-state index contributed by atoms with van der Waals surface area (Å²) in [5.74, 6) is 2.10. The van der Waals surface area contributed by atoms with Gasteiger partial charge in [-0.2, -0.15) is 0 Å². The number of H-pyrrole nitrogens is 1. The Balaban J connectivity index is 2.10. The van der Waals surface area contributed by atoms with Gasteiger partial charge < -0.3 is 14.5 Å². The smallest absolute Gasteiger partial charge is 0.144 e. The maximum absolute atomic E-state index is 10.8. The third kappa shape index (κ3) is 3.23. The van der Waals surface area contributed by atoms with Crippen LogP contribution in [0.25, 0.3) is 22.5 Å². The van der Waals surface area contributed by atoms with Gasteiger partial charge in [-0.15, -0.1) is 0 Å². The fraction of sp³-hybridized carbons (Fsp3) is 0.111. The lowest BCUT2D eigenvalue weighted by atomic mass is 10.0. The number of benzene rings is 2. The van der Waals surface area contributed by atoms with E-state index in [0.29, 0.717) is 17.1 Å². The molecule has 24 heavy (non-hydrogen) atoms. The molecule has 0 atom stereocenters. The minimum atomic E-state index is 0.371. The lowest BCUT2D eigenvalue weighted by Crippen LogP contribution is -1.87. The number of nitrogens with one attached hydrogen (secondary N) is 1. The van der Waals surface area contributed by atoms with Crippen molar-refractivity contribution in [3.05, 3.63) is 54.4 Å². The molecule has 0 fully saturated rings. The molecule has 122 valence electrons. The summed E-state index contributed by atoms with van der Waals surface area (Å²) in [6.45, 7) is 0. The molecule has 3 rings (SSSR count). The molecular weight excluding hydrogens is 324 g/mol. The number of nitrogens with zero attached hydrogens (tertiary/aromatic N) is 1. The van der Waals surface area contributed by atoms with Gasteiger partial charge in [-0.3, -0.25) is 0 Å². The molecular formula is C18H16N2O3S. The Morgan fingerprint density at radius 3 is 1.96 bits per heavy atom. The van der Waals surface area contributed by atoms with Crippen LogP contribution < -0.4 is 9.47 Å². The van der Waals surface area contributed by atoms with Crippen molar-refractivity contribution in [2.45, 2.75) is 0 Å². The third-order valence-electron chi connectivity index (χ3n) is 3.62. The number of hydrogen-bond donors (Lipinski definition) is 1. The molecule has 0 aliphatic rings. The van der Waals surface area contributed by atoms with Gasteiger partial charge in [0.05, 0.1) is 42.2 Å². The number of rotatable bonds is 5. The second-order valence-corrected chi connectivity index (χ2v) is 5.44. The molecule has 0 aliphatic carbocycles. The molecule has 0 saturated carbocycles. The molecule has 0 radical (unpaired) electrons. The Labute approximate surface area is 143 Å². The Morgan fingerprint density at radius 2 is 1.46 bits per heavy atom. The predicted octanol–water partition coefficient (Wildman–Crippen LogP) is 3.12. The highest BCUT2D eigenvalue weighted by molar-refractivity contribution is 7.65. The summed E-state index contributed by atoms with van der Waals surface area (Å²) >= 11 is 0.371. The topological polar surface area (TPSA) is 64.2 Å². The SMILES string of the molecule is COc1ccc(-c2nc(C=S=O)[nH]c2-c2ccc(OC)cc2)cc1. The molecule has 1 aromatic heterocycles. The van der Waals surface area contributed by atoms with Crippen molar-refractivity contribution in [3.8, 4) is 34.0 Å². The van der Waals surface area contributed by atoms with Crippen LogP contribution in [0.4, 0.5) is 0 Å². The standard InChI is InChI=1S/C18H16N2O3S/c1-22-14-7-3-12(4-8-14)17-18(20-16(19-17)11-24-21)13-5-9-15(23-2)10-6-13/h3-11H,1-2H3,(H,19,20). The molecule has 0 aliphatic heterocycles. The fourth-order valence-electron chi connectivity index (χ4n) is 2.42. The van der Waals surface area contributed by atoms with Gasteiger partial charge in [-0.1, -0.05) is 0 Å². The predicted molar refractivity (Wildman–Crippen MR) is 95.9 cm³/mol. The molecule has 1 heterocycles. The largest absolute Gasteiger partial charge is 0.497 e. The fourth-order valence-corrected chi connectivity index (χ4v) is 2.62. The maximum Gasteiger partial charge on any atom is 0.144 e. The minimum Gasteiger partial charge on any atom is -0.497 e. The molecule has 6 heteroatoms. The van der Waals surface area contributed by atoms with Gasteiger partial charge in [0, 0.05) is 11.1 Å². The number of aromatic amines is 1. The summed E-state index contributed by atoms with van der Waals surface area (Å²) in [7, 11) is 3.26. The van der Waals surface area contributed by atoms with Crippen molar-refractivity contribution in [3.63, 3.8) is 0 Å². The summed E-state index contributed by atoms with van der Waals surface area (Å²) in [5.41, 5.74) is 3.53. The Hall–Kier alpha value is -2.86. The summed E-state index contributed by atoms with van der Waals surface area (Å²) in [6.07, 6.45) is 0. The van der Waals surface area contributed by atoms with Crippen LogP contribution in [0.3, 0.4) is 0 Å². The van der Waals surface area contributed by atoms with Crippen LogP contribution in [0.15, 0.2) is 48.5 Å². The highest BCUT2D eigenvalue weighted by Crippen LogP contribution is 2.31. The van der Waals surface area contributed by atoms with Gasteiger partial charge in [0.1, 0.15) is 17.3 Å². The molecule has 0 unspecified atom stereocenters. The minimum absolute atomic E-state index is 0.371. The van der Waals surface area contributed by atoms with E-state index in [0.717, 1.165) is 34.0 Å². The van der Waals surface area contributed by atoms with Crippen molar-refractivity contribution in [2.75, 3.05) is 14.2 Å². The summed E-state index contributed by atoms with van der Waals surface area (Å²) in [5, 5.41) is 1.44. The van der Waals surface area contributed by atoms with E-state index in [1.807, 2.05) is 48.5 Å². The van der Waals surface area contributed by atoms with Crippen LogP contribution in [0.5, 0.6) is 11.5 Å². The lowest BCUT2D eigenvalue weighted by molar-refractivity contribution is 0.414. The van der Waals surface area contributed by atoms with E-state index >= 15 is 0 Å². The summed E-state index contributed by atoms with van der Waals surface area (Å²) in [4.78, 5) is 7.74. The van der Waals surface area contributed by atoms with Crippen LogP contribution in [0.2, 0.25) is 0 Å². The van der Waals surface area contributed by atoms with E-state index in [-0.39, 0.29) is 0 Å². The average Bonchev–Trinajstić information content (AvgIpc) is 3.06. The second-order valence-electron chi connectivity index (χ2n) is 5.02. The first-order valence-corrected chi connectivity index (χ1v) is 8.06. The van der Waals surface area contributed by atoms with Gasteiger partial charge in [-0.05, 0) is 48.5 Å². The number of methoxy groups -OCH3 is 2. The van der Waals surface area contributed by atoms with E-state index in [1.54, 1.807) is 14.2 Å². The second kappa shape index (κ2) is 7.14.